The number of alkyl halides is 3. The van der Waals surface area contributed by atoms with E-state index in [0.29, 0.717) is 11.3 Å². The minimum Gasteiger partial charge on any atom is -0.496 e. The monoisotopic (exact) mass is 287 g/mol. The molecule has 0 aliphatic carbocycles. The van der Waals surface area contributed by atoms with Crippen LogP contribution in [0.3, 0.4) is 0 Å². The van der Waals surface area contributed by atoms with Crippen LogP contribution in [0.2, 0.25) is 0 Å². The quantitative estimate of drug-likeness (QED) is 0.938. The first-order valence-corrected chi connectivity index (χ1v) is 5.60. The average molecular weight is 287 g/mol. The van der Waals surface area contributed by atoms with Crippen molar-refractivity contribution < 1.29 is 22.4 Å². The molecule has 0 saturated carbocycles. The van der Waals surface area contributed by atoms with Gasteiger partial charge in [0, 0.05) is 0 Å². The second-order valence-corrected chi connectivity index (χ2v) is 4.32. The fraction of sp³-hybridized carbons (Fsp3) is 0.333. The van der Waals surface area contributed by atoms with E-state index in [2.05, 4.69) is 14.7 Å². The SMILES string of the molecule is COc1ccccc1-c1noc(C(C)(N)C(F)(F)F)n1. The molecule has 5 nitrogen and oxygen atoms in total. The van der Waals surface area contributed by atoms with E-state index in [0.717, 1.165) is 6.92 Å². The Labute approximate surface area is 112 Å². The smallest absolute Gasteiger partial charge is 0.415 e. The summed E-state index contributed by atoms with van der Waals surface area (Å²) in [6.45, 7) is 0.770. The third-order valence-electron chi connectivity index (χ3n) is 2.81. The molecule has 1 aromatic heterocycles. The highest BCUT2D eigenvalue weighted by Gasteiger charge is 2.53. The molecule has 1 unspecified atom stereocenters. The number of benzene rings is 1. The van der Waals surface area contributed by atoms with Crippen molar-refractivity contribution in [2.45, 2.75) is 18.6 Å². The highest BCUT2D eigenvalue weighted by molar-refractivity contribution is 5.63. The molecule has 0 saturated heterocycles. The van der Waals surface area contributed by atoms with E-state index >= 15 is 0 Å². The molecule has 0 bridgehead atoms. The summed E-state index contributed by atoms with van der Waals surface area (Å²) in [5.74, 6) is -0.296. The van der Waals surface area contributed by atoms with Crippen LogP contribution in [0.4, 0.5) is 13.2 Å². The van der Waals surface area contributed by atoms with Gasteiger partial charge in [-0.3, -0.25) is 0 Å². The van der Waals surface area contributed by atoms with E-state index in [4.69, 9.17) is 10.5 Å². The minimum atomic E-state index is -4.70. The Balaban J connectivity index is 2.44. The van der Waals surface area contributed by atoms with Crippen LogP contribution in [0.1, 0.15) is 12.8 Å². The molecule has 8 heteroatoms. The minimum absolute atomic E-state index is 0.0154. The Morgan fingerprint density at radius 2 is 1.90 bits per heavy atom. The summed E-state index contributed by atoms with van der Waals surface area (Å²) in [6.07, 6.45) is -4.70. The number of hydrogen-bond donors (Lipinski definition) is 1. The van der Waals surface area contributed by atoms with E-state index in [1.54, 1.807) is 24.3 Å². The summed E-state index contributed by atoms with van der Waals surface area (Å²) < 4.78 is 48.1. The zero-order valence-electron chi connectivity index (χ0n) is 10.7. The first-order chi connectivity index (χ1) is 9.27. The summed E-state index contributed by atoms with van der Waals surface area (Å²) in [7, 11) is 1.43. The summed E-state index contributed by atoms with van der Waals surface area (Å²) in [4.78, 5) is 3.72. The summed E-state index contributed by atoms with van der Waals surface area (Å²) >= 11 is 0. The number of methoxy groups -OCH3 is 1. The van der Waals surface area contributed by atoms with E-state index in [1.165, 1.54) is 7.11 Å². The Bertz CT molecular complexity index is 608. The van der Waals surface area contributed by atoms with Crippen LogP contribution in [-0.2, 0) is 5.54 Å². The number of halogens is 3. The number of nitrogens with zero attached hydrogens (tertiary/aromatic N) is 2. The van der Waals surface area contributed by atoms with Gasteiger partial charge in [-0.05, 0) is 19.1 Å². The predicted octanol–water partition coefficient (Wildman–Crippen LogP) is 2.48. The standard InChI is InChI=1S/C12H12F3N3O2/c1-11(16,12(13,14)15)10-17-9(18-20-10)7-5-3-4-6-8(7)19-2/h3-6H,16H2,1-2H3. The van der Waals surface area contributed by atoms with Crippen molar-refractivity contribution in [1.29, 1.82) is 0 Å². The zero-order chi connectivity index (χ0) is 15.0. The van der Waals surface area contributed by atoms with Gasteiger partial charge >= 0.3 is 6.18 Å². The third-order valence-corrected chi connectivity index (χ3v) is 2.81. The molecule has 2 aromatic rings. The van der Waals surface area contributed by atoms with Gasteiger partial charge in [0.15, 0.2) is 5.54 Å². The van der Waals surface area contributed by atoms with Crippen molar-refractivity contribution in [2.75, 3.05) is 7.11 Å². The fourth-order valence-electron chi connectivity index (χ4n) is 1.49. The lowest BCUT2D eigenvalue weighted by Gasteiger charge is -2.22. The first kappa shape index (κ1) is 14.3. The predicted molar refractivity (Wildman–Crippen MR) is 63.9 cm³/mol. The van der Waals surface area contributed by atoms with Crippen LogP contribution < -0.4 is 10.5 Å². The maximum Gasteiger partial charge on any atom is 0.415 e. The van der Waals surface area contributed by atoms with Crippen LogP contribution in [0, 0.1) is 0 Å². The maximum absolute atomic E-state index is 12.8. The number of nitrogens with two attached hydrogens (primary N) is 1. The van der Waals surface area contributed by atoms with Gasteiger partial charge in [-0.15, -0.1) is 0 Å². The lowest BCUT2D eigenvalue weighted by Crippen LogP contribution is -2.47. The van der Waals surface area contributed by atoms with Gasteiger partial charge in [-0.25, -0.2) is 0 Å². The van der Waals surface area contributed by atoms with Crippen molar-refractivity contribution in [3.63, 3.8) is 0 Å². The van der Waals surface area contributed by atoms with Crippen LogP contribution in [0.5, 0.6) is 5.75 Å². The molecule has 0 radical (unpaired) electrons. The number of aromatic nitrogens is 2. The lowest BCUT2D eigenvalue weighted by atomic mass is 10.0. The van der Waals surface area contributed by atoms with E-state index in [9.17, 15) is 13.2 Å². The first-order valence-electron chi connectivity index (χ1n) is 5.60. The number of para-hydroxylation sites is 1. The molecule has 1 atom stereocenters. The largest absolute Gasteiger partial charge is 0.496 e. The molecular weight excluding hydrogens is 275 g/mol. The van der Waals surface area contributed by atoms with Crippen LogP contribution in [0.15, 0.2) is 28.8 Å². The van der Waals surface area contributed by atoms with E-state index < -0.39 is 17.6 Å². The summed E-state index contributed by atoms with van der Waals surface area (Å²) in [5, 5.41) is 3.53. The molecule has 1 heterocycles. The topological polar surface area (TPSA) is 74.2 Å². The highest BCUT2D eigenvalue weighted by atomic mass is 19.4. The van der Waals surface area contributed by atoms with Gasteiger partial charge in [-0.1, -0.05) is 17.3 Å². The van der Waals surface area contributed by atoms with Gasteiger partial charge in [-0.2, -0.15) is 18.2 Å². The van der Waals surface area contributed by atoms with Gasteiger partial charge in [0.2, 0.25) is 5.82 Å². The summed E-state index contributed by atoms with van der Waals surface area (Å²) in [5.41, 5.74) is 2.94. The molecule has 1 aromatic carbocycles. The van der Waals surface area contributed by atoms with Crippen molar-refractivity contribution >= 4 is 0 Å². The van der Waals surface area contributed by atoms with Gasteiger partial charge in [0.1, 0.15) is 5.75 Å². The van der Waals surface area contributed by atoms with Crippen molar-refractivity contribution in [2.24, 2.45) is 5.73 Å². The molecular formula is C12H12F3N3O2. The molecule has 0 aliphatic heterocycles. The number of hydrogen-bond acceptors (Lipinski definition) is 5. The lowest BCUT2D eigenvalue weighted by molar-refractivity contribution is -0.190. The molecule has 2 rings (SSSR count). The Kier molecular flexibility index (Phi) is 3.43. The van der Waals surface area contributed by atoms with Crippen LogP contribution in [-0.4, -0.2) is 23.4 Å². The van der Waals surface area contributed by atoms with Crippen molar-refractivity contribution in [1.82, 2.24) is 10.1 Å². The second kappa shape index (κ2) is 4.78. The fourth-order valence-corrected chi connectivity index (χ4v) is 1.49. The van der Waals surface area contributed by atoms with Gasteiger partial charge < -0.3 is 15.0 Å². The Hall–Kier alpha value is -2.09. The second-order valence-electron chi connectivity index (χ2n) is 4.32. The van der Waals surface area contributed by atoms with E-state index in [-0.39, 0.29) is 5.82 Å². The van der Waals surface area contributed by atoms with Gasteiger partial charge in [0.05, 0.1) is 12.7 Å². The molecule has 20 heavy (non-hydrogen) atoms. The zero-order valence-corrected chi connectivity index (χ0v) is 10.7. The Morgan fingerprint density at radius 3 is 2.50 bits per heavy atom. The van der Waals surface area contributed by atoms with Crippen LogP contribution in [0.25, 0.3) is 11.4 Å². The van der Waals surface area contributed by atoms with E-state index in [1.807, 2.05) is 0 Å². The van der Waals surface area contributed by atoms with Crippen LogP contribution >= 0.6 is 0 Å². The maximum atomic E-state index is 12.8. The van der Waals surface area contributed by atoms with Gasteiger partial charge in [0.25, 0.3) is 5.89 Å². The highest BCUT2D eigenvalue weighted by Crippen LogP contribution is 2.36. The molecule has 108 valence electrons. The third kappa shape index (κ3) is 2.34. The number of ether oxygens (including phenoxy) is 1. The van der Waals surface area contributed by atoms with Crippen molar-refractivity contribution in [3.8, 4) is 17.1 Å². The molecule has 0 amide bonds. The normalized spacial score (nSPS) is 14.9. The average Bonchev–Trinajstić information content (AvgIpc) is 2.87. The summed E-state index contributed by atoms with van der Waals surface area (Å²) in [6, 6.07) is 6.64. The molecule has 0 spiro atoms. The Morgan fingerprint density at radius 1 is 1.25 bits per heavy atom. The molecule has 0 fully saturated rings. The van der Waals surface area contributed by atoms with Crippen molar-refractivity contribution in [3.05, 3.63) is 30.2 Å². The molecule has 0 aliphatic rings. The molecule has 2 N–H and O–H groups in total. The number of rotatable bonds is 3.